The van der Waals surface area contributed by atoms with Crippen molar-refractivity contribution in [1.29, 1.82) is 0 Å². The molecule has 7 heteroatoms. The summed E-state index contributed by atoms with van der Waals surface area (Å²) in [5.74, 6) is -0.275. The van der Waals surface area contributed by atoms with Gasteiger partial charge in [0, 0.05) is 0 Å². The minimum atomic E-state index is -0.275. The molecule has 0 bridgehead atoms. The fraction of sp³-hybridized carbons (Fsp3) is 0.143. The van der Waals surface area contributed by atoms with Gasteiger partial charge in [-0.15, -0.1) is 11.3 Å². The van der Waals surface area contributed by atoms with Crippen LogP contribution in [0.25, 0.3) is 0 Å². The molecule has 0 aliphatic carbocycles. The fourth-order valence-corrected chi connectivity index (χ4v) is 2.84. The van der Waals surface area contributed by atoms with Crippen LogP contribution >= 0.6 is 35.2 Å². The molecule has 1 amide bonds. The van der Waals surface area contributed by atoms with Crippen LogP contribution in [0.3, 0.4) is 0 Å². The molecule has 0 saturated carbocycles. The summed E-state index contributed by atoms with van der Waals surface area (Å²) in [4.78, 5) is 12.3. The molecule has 1 aromatic carbocycles. The van der Waals surface area contributed by atoms with E-state index in [0.717, 1.165) is 5.56 Å². The van der Waals surface area contributed by atoms with E-state index in [2.05, 4.69) is 16.2 Å². The molecule has 0 spiro atoms. The Kier molecular flexibility index (Phi) is 5.55. The van der Waals surface area contributed by atoms with Crippen LogP contribution in [-0.4, -0.2) is 11.0 Å². The van der Waals surface area contributed by atoms with Gasteiger partial charge in [0.1, 0.15) is 0 Å². The second-order valence-electron chi connectivity index (χ2n) is 4.29. The van der Waals surface area contributed by atoms with Gasteiger partial charge in [0.05, 0.1) is 15.3 Å². The normalized spacial score (nSPS) is 11.5. The van der Waals surface area contributed by atoms with Crippen molar-refractivity contribution in [2.75, 3.05) is 0 Å². The van der Waals surface area contributed by atoms with Crippen molar-refractivity contribution in [2.24, 2.45) is 0 Å². The molecule has 4 nitrogen and oxygen atoms in total. The number of benzene rings is 1. The summed E-state index contributed by atoms with van der Waals surface area (Å²) >= 11 is 12.1. The number of halogens is 1. The van der Waals surface area contributed by atoms with Crippen molar-refractivity contribution < 1.29 is 4.79 Å². The molecule has 3 N–H and O–H groups in total. The maximum atomic E-state index is 11.8. The lowest BCUT2D eigenvalue weighted by Crippen LogP contribution is -2.47. The molecule has 2 aromatic rings. The molecule has 1 heterocycles. The van der Waals surface area contributed by atoms with Crippen LogP contribution in [-0.2, 0) is 0 Å². The van der Waals surface area contributed by atoms with Crippen LogP contribution in [0.2, 0.25) is 4.34 Å². The second-order valence-corrected chi connectivity index (χ2v) is 6.41. The molecule has 2 rings (SSSR count). The van der Waals surface area contributed by atoms with Gasteiger partial charge in [-0.05, 0) is 36.8 Å². The zero-order valence-electron chi connectivity index (χ0n) is 11.2. The molecule has 0 fully saturated rings. The van der Waals surface area contributed by atoms with E-state index in [9.17, 15) is 4.79 Å². The maximum Gasteiger partial charge on any atom is 0.279 e. The first-order valence-electron chi connectivity index (χ1n) is 6.23. The van der Waals surface area contributed by atoms with E-state index in [0.29, 0.717) is 14.3 Å². The topological polar surface area (TPSA) is 53.2 Å². The summed E-state index contributed by atoms with van der Waals surface area (Å²) in [7, 11) is 0. The van der Waals surface area contributed by atoms with E-state index in [1.807, 2.05) is 37.3 Å². The highest BCUT2D eigenvalue weighted by Crippen LogP contribution is 2.20. The Balaban J connectivity index is 1.81. The predicted molar refractivity (Wildman–Crippen MR) is 90.5 cm³/mol. The van der Waals surface area contributed by atoms with Crippen LogP contribution in [0.5, 0.6) is 0 Å². The minimum absolute atomic E-state index is 0.0410. The minimum Gasteiger partial charge on any atom is -0.355 e. The number of hydrogen-bond donors (Lipinski definition) is 3. The third kappa shape index (κ3) is 4.70. The van der Waals surface area contributed by atoms with E-state index in [1.165, 1.54) is 11.3 Å². The van der Waals surface area contributed by atoms with E-state index >= 15 is 0 Å². The molecule has 0 saturated heterocycles. The van der Waals surface area contributed by atoms with Gasteiger partial charge < -0.3 is 5.32 Å². The quantitative estimate of drug-likeness (QED) is 0.593. The summed E-state index contributed by atoms with van der Waals surface area (Å²) in [5, 5.41) is 3.44. The van der Waals surface area contributed by atoms with Crippen LogP contribution in [0.15, 0.2) is 42.5 Å². The first kappa shape index (κ1) is 15.8. The summed E-state index contributed by atoms with van der Waals surface area (Å²) < 4.78 is 0.568. The number of thiocarbonyl (C=S) groups is 1. The summed E-state index contributed by atoms with van der Waals surface area (Å²) in [6.45, 7) is 1.99. The zero-order chi connectivity index (χ0) is 15.2. The summed E-state index contributed by atoms with van der Waals surface area (Å²) in [6, 6.07) is 13.3. The molecule has 1 aromatic heterocycles. The van der Waals surface area contributed by atoms with E-state index < -0.39 is 0 Å². The lowest BCUT2D eigenvalue weighted by molar-refractivity contribution is 0.0947. The molecule has 21 heavy (non-hydrogen) atoms. The maximum absolute atomic E-state index is 11.8. The number of carbonyl (C=O) groups excluding carboxylic acids is 1. The lowest BCUT2D eigenvalue weighted by Gasteiger charge is -2.17. The van der Waals surface area contributed by atoms with E-state index in [1.54, 1.807) is 12.1 Å². The monoisotopic (exact) mass is 339 g/mol. The Bertz CT molecular complexity index is 630. The molecule has 0 aliphatic heterocycles. The average Bonchev–Trinajstić information content (AvgIpc) is 2.92. The fourth-order valence-electron chi connectivity index (χ4n) is 1.67. The first-order valence-corrected chi connectivity index (χ1v) is 7.83. The Hall–Kier alpha value is -1.63. The molecular formula is C14H14ClN3OS2. The van der Waals surface area contributed by atoms with Gasteiger partial charge >= 0.3 is 0 Å². The molecule has 0 unspecified atom stereocenters. The molecular weight excluding hydrogens is 326 g/mol. The van der Waals surface area contributed by atoms with Gasteiger partial charge in [-0.1, -0.05) is 41.9 Å². The number of thiophene rings is 1. The largest absolute Gasteiger partial charge is 0.355 e. The van der Waals surface area contributed by atoms with Crippen LogP contribution < -0.4 is 16.2 Å². The Morgan fingerprint density at radius 2 is 1.90 bits per heavy atom. The first-order chi connectivity index (χ1) is 10.1. The smallest absolute Gasteiger partial charge is 0.279 e. The Morgan fingerprint density at radius 1 is 1.19 bits per heavy atom. The van der Waals surface area contributed by atoms with Gasteiger partial charge in [0.15, 0.2) is 5.11 Å². The zero-order valence-corrected chi connectivity index (χ0v) is 13.6. The van der Waals surface area contributed by atoms with Crippen LogP contribution in [0.4, 0.5) is 0 Å². The van der Waals surface area contributed by atoms with Gasteiger partial charge in [-0.2, -0.15) is 0 Å². The number of carbonyl (C=O) groups is 1. The van der Waals surface area contributed by atoms with Gasteiger partial charge in [0.25, 0.3) is 5.91 Å². The van der Waals surface area contributed by atoms with E-state index in [-0.39, 0.29) is 11.9 Å². The molecule has 0 aliphatic rings. The van der Waals surface area contributed by atoms with Gasteiger partial charge in [-0.3, -0.25) is 15.6 Å². The van der Waals surface area contributed by atoms with Gasteiger partial charge in [0.2, 0.25) is 0 Å². The predicted octanol–water partition coefficient (Wildman–Crippen LogP) is 3.27. The second kappa shape index (κ2) is 7.40. The number of hydrazine groups is 1. The highest BCUT2D eigenvalue weighted by Gasteiger charge is 2.10. The number of hydrogen-bond acceptors (Lipinski definition) is 3. The molecule has 0 radical (unpaired) electrons. The average molecular weight is 340 g/mol. The summed E-state index contributed by atoms with van der Waals surface area (Å²) in [5.41, 5.74) is 6.31. The standard InChI is InChI=1S/C14H14ClN3OS2/c1-9(10-5-3-2-4-6-10)16-14(20)18-17-13(19)11-7-8-12(15)21-11/h2-9H,1H3,(H,17,19)(H2,16,18,20)/t9-/m1/s1. The van der Waals surface area contributed by atoms with Crippen molar-refractivity contribution in [3.63, 3.8) is 0 Å². The van der Waals surface area contributed by atoms with Crippen molar-refractivity contribution in [3.8, 4) is 0 Å². The third-order valence-corrected chi connectivity index (χ3v) is 4.18. The van der Waals surface area contributed by atoms with Crippen molar-refractivity contribution in [1.82, 2.24) is 16.2 Å². The highest BCUT2D eigenvalue weighted by atomic mass is 35.5. The third-order valence-electron chi connectivity index (χ3n) is 2.73. The number of amides is 1. The Labute approximate surface area is 137 Å². The molecule has 1 atom stereocenters. The Morgan fingerprint density at radius 3 is 2.52 bits per heavy atom. The van der Waals surface area contributed by atoms with Crippen molar-refractivity contribution in [3.05, 3.63) is 57.2 Å². The van der Waals surface area contributed by atoms with E-state index in [4.69, 9.17) is 23.8 Å². The lowest BCUT2D eigenvalue weighted by atomic mass is 10.1. The van der Waals surface area contributed by atoms with Crippen LogP contribution in [0.1, 0.15) is 28.2 Å². The number of nitrogens with one attached hydrogen (secondary N) is 3. The van der Waals surface area contributed by atoms with Crippen LogP contribution in [0, 0.1) is 0 Å². The summed E-state index contributed by atoms with van der Waals surface area (Å²) in [6.07, 6.45) is 0. The van der Waals surface area contributed by atoms with Crippen molar-refractivity contribution >= 4 is 46.2 Å². The SMILES string of the molecule is C[C@@H](NC(=S)NNC(=O)c1ccc(Cl)s1)c1ccccc1. The highest BCUT2D eigenvalue weighted by molar-refractivity contribution is 7.80. The number of rotatable bonds is 3. The van der Waals surface area contributed by atoms with Crippen molar-refractivity contribution in [2.45, 2.75) is 13.0 Å². The van der Waals surface area contributed by atoms with Gasteiger partial charge in [-0.25, -0.2) is 0 Å². The molecule has 110 valence electrons.